The zero-order valence-electron chi connectivity index (χ0n) is 15.2. The summed E-state index contributed by atoms with van der Waals surface area (Å²) in [6.07, 6.45) is 0. The van der Waals surface area contributed by atoms with E-state index in [0.717, 1.165) is 10.9 Å². The fourth-order valence-corrected chi connectivity index (χ4v) is 3.00. The normalized spacial score (nSPS) is 10.6. The van der Waals surface area contributed by atoms with Gasteiger partial charge in [0.05, 0.1) is 0 Å². The third-order valence-corrected chi connectivity index (χ3v) is 4.45. The maximum absolute atomic E-state index is 13.5. The Morgan fingerprint density at radius 2 is 0.960 bits per heavy atom. The molecule has 0 aromatic heterocycles. The van der Waals surface area contributed by atoms with Crippen molar-refractivity contribution in [2.75, 3.05) is 0 Å². The van der Waals surface area contributed by atoms with Crippen LogP contribution < -0.4 is 0 Å². The van der Waals surface area contributed by atoms with Gasteiger partial charge in [0.15, 0.2) is 0 Å². The highest BCUT2D eigenvalue weighted by atomic mass is 19.1. The maximum Gasteiger partial charge on any atom is 0.133 e. The summed E-state index contributed by atoms with van der Waals surface area (Å²) in [4.78, 5) is 0. The molecule has 0 heterocycles. The molecule has 0 radical (unpaired) electrons. The molecule has 0 fully saturated rings. The quantitative estimate of drug-likeness (QED) is 0.324. The van der Waals surface area contributed by atoms with Gasteiger partial charge in [-0.15, -0.1) is 0 Å². The first-order valence-corrected chi connectivity index (χ1v) is 8.56. The molecule has 0 bridgehead atoms. The van der Waals surface area contributed by atoms with Gasteiger partial charge in [0.1, 0.15) is 5.82 Å². The van der Waals surface area contributed by atoms with Crippen LogP contribution in [0.4, 0.5) is 4.39 Å². The van der Waals surface area contributed by atoms with Crippen LogP contribution in [0.1, 0.15) is 22.3 Å². The first-order chi connectivity index (χ1) is 11.9. The summed E-state index contributed by atoms with van der Waals surface area (Å²) < 4.78 is 13.5. The minimum Gasteiger partial charge on any atom is -0.206 e. The Morgan fingerprint density at radius 3 is 1.52 bits per heavy atom. The van der Waals surface area contributed by atoms with Gasteiger partial charge in [0, 0.05) is 5.39 Å². The van der Waals surface area contributed by atoms with Gasteiger partial charge in [-0.2, -0.15) is 0 Å². The second-order valence-corrected chi connectivity index (χ2v) is 6.78. The van der Waals surface area contributed by atoms with Crippen molar-refractivity contribution in [3.8, 4) is 0 Å². The molecule has 0 unspecified atom stereocenters. The monoisotopic (exact) mass is 330 g/mol. The summed E-state index contributed by atoms with van der Waals surface area (Å²) in [5, 5.41) is 4.36. The van der Waals surface area contributed by atoms with E-state index in [2.05, 4.69) is 50.2 Å². The molecule has 0 aliphatic carbocycles. The fourth-order valence-electron chi connectivity index (χ4n) is 3.00. The molecule has 0 aliphatic heterocycles. The molecule has 4 aromatic carbocycles. The summed E-state index contributed by atoms with van der Waals surface area (Å²) in [5.41, 5.74) is 4.52. The van der Waals surface area contributed by atoms with Crippen LogP contribution in [0.5, 0.6) is 0 Å². The van der Waals surface area contributed by atoms with Gasteiger partial charge in [-0.25, -0.2) is 4.39 Å². The smallest absolute Gasteiger partial charge is 0.133 e. The molecule has 0 atom stereocenters. The molecule has 0 amide bonds. The zero-order chi connectivity index (χ0) is 18.0. The number of halogens is 1. The van der Waals surface area contributed by atoms with Crippen LogP contribution in [-0.2, 0) is 0 Å². The number of hydrogen-bond acceptors (Lipinski definition) is 0. The standard InChI is InChI=1S/C12H11F.C12H12/c1-8-3-6-11-10(7-8)5-4-9(2)12(11)13;1-9-3-5-12-8-10(2)4-6-11(12)7-9/h3-7H,1-2H3;3-8H,1-2H3. The van der Waals surface area contributed by atoms with E-state index in [4.69, 9.17) is 0 Å². The summed E-state index contributed by atoms with van der Waals surface area (Å²) in [6.45, 7) is 8.05. The van der Waals surface area contributed by atoms with E-state index in [0.29, 0.717) is 10.9 Å². The Bertz CT molecular complexity index is 1000. The minimum absolute atomic E-state index is 0.0995. The van der Waals surface area contributed by atoms with Crippen molar-refractivity contribution in [3.63, 3.8) is 0 Å². The zero-order valence-corrected chi connectivity index (χ0v) is 15.2. The lowest BCUT2D eigenvalue weighted by atomic mass is 10.0. The van der Waals surface area contributed by atoms with E-state index >= 15 is 0 Å². The molecule has 0 saturated heterocycles. The van der Waals surface area contributed by atoms with Crippen LogP contribution in [0.2, 0.25) is 0 Å². The van der Waals surface area contributed by atoms with E-state index < -0.39 is 0 Å². The van der Waals surface area contributed by atoms with Crippen LogP contribution in [-0.4, -0.2) is 0 Å². The highest BCUT2D eigenvalue weighted by molar-refractivity contribution is 5.84. The van der Waals surface area contributed by atoms with Crippen molar-refractivity contribution in [2.45, 2.75) is 27.7 Å². The van der Waals surface area contributed by atoms with Gasteiger partial charge >= 0.3 is 0 Å². The summed E-state index contributed by atoms with van der Waals surface area (Å²) >= 11 is 0. The van der Waals surface area contributed by atoms with E-state index in [9.17, 15) is 4.39 Å². The van der Waals surface area contributed by atoms with Crippen molar-refractivity contribution in [2.24, 2.45) is 0 Å². The third kappa shape index (κ3) is 3.88. The maximum atomic E-state index is 13.5. The summed E-state index contributed by atoms with van der Waals surface area (Å²) in [6, 6.07) is 22.6. The highest BCUT2D eigenvalue weighted by Gasteiger charge is 2.02. The molecule has 25 heavy (non-hydrogen) atoms. The molecule has 0 saturated carbocycles. The highest BCUT2D eigenvalue weighted by Crippen LogP contribution is 2.21. The van der Waals surface area contributed by atoms with Gasteiger partial charge in [-0.05, 0) is 49.4 Å². The number of hydrogen-bond donors (Lipinski definition) is 0. The first-order valence-electron chi connectivity index (χ1n) is 8.56. The van der Waals surface area contributed by atoms with Gasteiger partial charge in [-0.3, -0.25) is 0 Å². The van der Waals surface area contributed by atoms with E-state index in [1.54, 1.807) is 6.92 Å². The van der Waals surface area contributed by atoms with Crippen LogP contribution in [0.3, 0.4) is 0 Å². The molecule has 4 rings (SSSR count). The van der Waals surface area contributed by atoms with Crippen molar-refractivity contribution in [3.05, 3.63) is 94.8 Å². The van der Waals surface area contributed by atoms with Crippen molar-refractivity contribution >= 4 is 21.5 Å². The SMILES string of the molecule is Cc1ccc2c(F)c(C)ccc2c1.Cc1ccc2cc(C)ccc2c1. The van der Waals surface area contributed by atoms with Gasteiger partial charge in [0.25, 0.3) is 0 Å². The predicted molar refractivity (Wildman–Crippen MR) is 107 cm³/mol. The fraction of sp³-hybridized carbons (Fsp3) is 0.167. The second-order valence-electron chi connectivity index (χ2n) is 6.78. The molecule has 4 aromatic rings. The number of aryl methyl sites for hydroxylation is 4. The molecule has 0 spiro atoms. The van der Waals surface area contributed by atoms with Gasteiger partial charge in [-0.1, -0.05) is 83.4 Å². The number of benzene rings is 4. The van der Waals surface area contributed by atoms with Crippen LogP contribution >= 0.6 is 0 Å². The number of rotatable bonds is 0. The summed E-state index contributed by atoms with van der Waals surface area (Å²) in [5.74, 6) is -0.0995. The Hall–Kier alpha value is -2.67. The lowest BCUT2D eigenvalue weighted by Crippen LogP contribution is -1.85. The van der Waals surface area contributed by atoms with Crippen molar-refractivity contribution < 1.29 is 4.39 Å². The topological polar surface area (TPSA) is 0 Å². The van der Waals surface area contributed by atoms with Crippen molar-refractivity contribution in [1.29, 1.82) is 0 Å². The molecule has 1 heteroatoms. The largest absolute Gasteiger partial charge is 0.206 e. The lowest BCUT2D eigenvalue weighted by Gasteiger charge is -2.02. The average Bonchev–Trinajstić information content (AvgIpc) is 2.59. The van der Waals surface area contributed by atoms with Gasteiger partial charge < -0.3 is 0 Å². The Balaban J connectivity index is 0.000000146. The van der Waals surface area contributed by atoms with E-state index in [-0.39, 0.29) is 5.82 Å². The third-order valence-electron chi connectivity index (χ3n) is 4.45. The Kier molecular flexibility index (Phi) is 4.85. The molecule has 126 valence electrons. The van der Waals surface area contributed by atoms with E-state index in [1.807, 2.05) is 37.3 Å². The Morgan fingerprint density at radius 1 is 0.520 bits per heavy atom. The Labute approximate surface area is 148 Å². The van der Waals surface area contributed by atoms with Gasteiger partial charge in [0.2, 0.25) is 0 Å². The summed E-state index contributed by atoms with van der Waals surface area (Å²) in [7, 11) is 0. The molecule has 0 nitrogen and oxygen atoms in total. The van der Waals surface area contributed by atoms with Crippen LogP contribution in [0, 0.1) is 33.5 Å². The first kappa shape index (κ1) is 17.2. The predicted octanol–water partition coefficient (Wildman–Crippen LogP) is 7.05. The van der Waals surface area contributed by atoms with Crippen molar-refractivity contribution in [1.82, 2.24) is 0 Å². The molecular weight excluding hydrogens is 307 g/mol. The van der Waals surface area contributed by atoms with Crippen LogP contribution in [0.15, 0.2) is 66.7 Å². The lowest BCUT2D eigenvalue weighted by molar-refractivity contribution is 0.630. The van der Waals surface area contributed by atoms with Crippen LogP contribution in [0.25, 0.3) is 21.5 Å². The molecular formula is C24H23F. The molecule has 0 aliphatic rings. The number of fused-ring (bicyclic) bond motifs is 2. The minimum atomic E-state index is -0.0995. The second kappa shape index (κ2) is 7.06. The average molecular weight is 330 g/mol. The van der Waals surface area contributed by atoms with E-state index in [1.165, 1.54) is 21.9 Å². The molecule has 0 N–H and O–H groups in total.